The van der Waals surface area contributed by atoms with Gasteiger partial charge in [-0.1, -0.05) is 24.3 Å². The third-order valence-corrected chi connectivity index (χ3v) is 5.78. The Balaban J connectivity index is 1.29. The topological polar surface area (TPSA) is 123 Å². The molecule has 1 saturated heterocycles. The molecule has 10 heteroatoms. The molecule has 0 unspecified atom stereocenters. The Labute approximate surface area is 183 Å². The predicted octanol–water partition coefficient (Wildman–Crippen LogP) is 2.85. The number of thiophene rings is 1. The van der Waals surface area contributed by atoms with Crippen LogP contribution in [0, 0.1) is 5.92 Å². The van der Waals surface area contributed by atoms with Crippen molar-refractivity contribution in [2.45, 2.75) is 19.4 Å². The summed E-state index contributed by atoms with van der Waals surface area (Å²) < 4.78 is 5.42. The van der Waals surface area contributed by atoms with Crippen LogP contribution in [0.2, 0.25) is 0 Å². The third kappa shape index (κ3) is 5.34. The lowest BCUT2D eigenvalue weighted by atomic mass is 9.97. The Morgan fingerprint density at radius 3 is 2.58 bits per heavy atom. The molecule has 3 aromatic rings. The zero-order chi connectivity index (χ0) is 21.6. The second kappa shape index (κ2) is 9.52. The van der Waals surface area contributed by atoms with Gasteiger partial charge in [-0.2, -0.15) is 15.0 Å². The number of ether oxygens (including phenoxy) is 1. The van der Waals surface area contributed by atoms with Crippen LogP contribution in [0.25, 0.3) is 0 Å². The molecule has 1 amide bonds. The second-order valence-electron chi connectivity index (χ2n) is 7.08. The molecule has 0 radical (unpaired) electrons. The first-order valence-corrected chi connectivity index (χ1v) is 10.8. The van der Waals surface area contributed by atoms with Crippen LogP contribution >= 0.6 is 11.3 Å². The number of anilines is 3. The average Bonchev–Trinajstić information content (AvgIpc) is 3.32. The number of rotatable bonds is 6. The number of hydrogen-bond acceptors (Lipinski definition) is 9. The highest BCUT2D eigenvalue weighted by Gasteiger charge is 2.29. The number of hydrogen-bond donors (Lipinski definition) is 2. The van der Waals surface area contributed by atoms with Gasteiger partial charge in [0.05, 0.1) is 10.8 Å². The highest BCUT2D eigenvalue weighted by atomic mass is 32.1. The van der Waals surface area contributed by atoms with Crippen molar-refractivity contribution < 1.29 is 14.3 Å². The number of nitrogens with one attached hydrogen (secondary N) is 1. The molecule has 0 saturated carbocycles. The van der Waals surface area contributed by atoms with E-state index in [0.717, 1.165) is 5.69 Å². The summed E-state index contributed by atoms with van der Waals surface area (Å²) in [7, 11) is 0. The number of carbonyl (C=O) groups excluding carboxylic acids is 2. The van der Waals surface area contributed by atoms with Crippen molar-refractivity contribution in [3.63, 3.8) is 0 Å². The minimum Gasteiger partial charge on any atom is -0.457 e. The van der Waals surface area contributed by atoms with Gasteiger partial charge in [0.15, 0.2) is 12.4 Å². The number of likely N-dealkylation sites (tertiary alicyclic amines) is 1. The van der Waals surface area contributed by atoms with Gasteiger partial charge >= 0.3 is 5.97 Å². The molecular formula is C21H22N6O3S. The SMILES string of the molecule is Nc1nc(COC(=O)C2CCN(C(=O)c3cccs3)CC2)nc(Nc2ccccc2)n1. The van der Waals surface area contributed by atoms with Crippen LogP contribution in [0.1, 0.15) is 28.3 Å². The molecule has 3 heterocycles. The van der Waals surface area contributed by atoms with Crippen LogP contribution in [0.15, 0.2) is 47.8 Å². The fourth-order valence-electron chi connectivity index (χ4n) is 3.34. The van der Waals surface area contributed by atoms with Crippen molar-refractivity contribution in [1.29, 1.82) is 0 Å². The molecule has 31 heavy (non-hydrogen) atoms. The van der Waals surface area contributed by atoms with E-state index >= 15 is 0 Å². The van der Waals surface area contributed by atoms with E-state index in [1.54, 1.807) is 4.90 Å². The minimum atomic E-state index is -0.320. The van der Waals surface area contributed by atoms with E-state index in [1.807, 2.05) is 47.8 Å². The Hall–Kier alpha value is -3.53. The molecule has 0 bridgehead atoms. The largest absolute Gasteiger partial charge is 0.457 e. The van der Waals surface area contributed by atoms with Gasteiger partial charge in [0.2, 0.25) is 11.9 Å². The van der Waals surface area contributed by atoms with Crippen molar-refractivity contribution in [3.05, 3.63) is 58.5 Å². The first kappa shape index (κ1) is 20.7. The van der Waals surface area contributed by atoms with Gasteiger partial charge < -0.3 is 20.7 Å². The summed E-state index contributed by atoms with van der Waals surface area (Å²) in [5.41, 5.74) is 6.57. The molecule has 160 valence electrons. The van der Waals surface area contributed by atoms with Gasteiger partial charge in [-0.05, 0) is 36.4 Å². The number of nitrogens with two attached hydrogens (primary N) is 1. The van der Waals surface area contributed by atoms with Crippen LogP contribution in [0.5, 0.6) is 0 Å². The predicted molar refractivity (Wildman–Crippen MR) is 117 cm³/mol. The fourth-order valence-corrected chi connectivity index (χ4v) is 4.03. The van der Waals surface area contributed by atoms with E-state index in [9.17, 15) is 9.59 Å². The first-order valence-electron chi connectivity index (χ1n) is 9.90. The molecule has 9 nitrogen and oxygen atoms in total. The Morgan fingerprint density at radius 1 is 1.10 bits per heavy atom. The maximum absolute atomic E-state index is 12.5. The maximum Gasteiger partial charge on any atom is 0.309 e. The van der Waals surface area contributed by atoms with Crippen LogP contribution in [0.3, 0.4) is 0 Å². The van der Waals surface area contributed by atoms with Crippen LogP contribution in [0.4, 0.5) is 17.6 Å². The quantitative estimate of drug-likeness (QED) is 0.563. The lowest BCUT2D eigenvalue weighted by Crippen LogP contribution is -2.40. The van der Waals surface area contributed by atoms with Crippen molar-refractivity contribution in [2.24, 2.45) is 5.92 Å². The summed E-state index contributed by atoms with van der Waals surface area (Å²) in [6, 6.07) is 13.1. The van der Waals surface area contributed by atoms with Crippen LogP contribution in [-0.2, 0) is 16.1 Å². The molecule has 1 aromatic carbocycles. The monoisotopic (exact) mass is 438 g/mol. The van der Waals surface area contributed by atoms with Gasteiger partial charge in [-0.25, -0.2) is 0 Å². The van der Waals surface area contributed by atoms with Crippen LogP contribution < -0.4 is 11.1 Å². The lowest BCUT2D eigenvalue weighted by molar-refractivity contribution is -0.151. The number of piperidine rings is 1. The molecular weight excluding hydrogens is 416 g/mol. The molecule has 1 aliphatic heterocycles. The van der Waals surface area contributed by atoms with Crippen molar-refractivity contribution in [1.82, 2.24) is 19.9 Å². The lowest BCUT2D eigenvalue weighted by Gasteiger charge is -2.30. The summed E-state index contributed by atoms with van der Waals surface area (Å²) in [5, 5.41) is 4.92. The zero-order valence-corrected chi connectivity index (χ0v) is 17.5. The highest BCUT2D eigenvalue weighted by Crippen LogP contribution is 2.22. The van der Waals surface area contributed by atoms with E-state index in [1.165, 1.54) is 11.3 Å². The number of esters is 1. The smallest absolute Gasteiger partial charge is 0.309 e. The highest BCUT2D eigenvalue weighted by molar-refractivity contribution is 7.12. The van der Waals surface area contributed by atoms with Gasteiger partial charge in [0.25, 0.3) is 5.91 Å². The molecule has 3 N–H and O–H groups in total. The van der Waals surface area contributed by atoms with Gasteiger partial charge in [-0.15, -0.1) is 11.3 Å². The number of amides is 1. The Morgan fingerprint density at radius 2 is 1.87 bits per heavy atom. The molecule has 4 rings (SSSR count). The number of benzene rings is 1. The number of nitrogen functional groups attached to an aromatic ring is 1. The van der Waals surface area contributed by atoms with Crippen molar-refractivity contribution in [3.8, 4) is 0 Å². The van der Waals surface area contributed by atoms with E-state index in [-0.39, 0.29) is 42.1 Å². The number of para-hydroxylation sites is 1. The van der Waals surface area contributed by atoms with E-state index in [2.05, 4.69) is 20.3 Å². The maximum atomic E-state index is 12.5. The Kier molecular flexibility index (Phi) is 6.37. The molecule has 1 aliphatic rings. The molecule has 1 fully saturated rings. The summed E-state index contributed by atoms with van der Waals surface area (Å²) in [6.45, 7) is 0.962. The van der Waals surface area contributed by atoms with Gasteiger partial charge in [-0.3, -0.25) is 9.59 Å². The van der Waals surface area contributed by atoms with E-state index in [0.29, 0.717) is 30.8 Å². The molecule has 0 spiro atoms. The summed E-state index contributed by atoms with van der Waals surface area (Å²) >= 11 is 1.42. The third-order valence-electron chi connectivity index (χ3n) is 4.92. The van der Waals surface area contributed by atoms with Gasteiger partial charge in [0.1, 0.15) is 0 Å². The number of nitrogens with zero attached hydrogens (tertiary/aromatic N) is 4. The second-order valence-corrected chi connectivity index (χ2v) is 8.02. The first-order chi connectivity index (χ1) is 15.1. The molecule has 0 atom stereocenters. The normalized spacial score (nSPS) is 14.3. The van der Waals surface area contributed by atoms with Crippen molar-refractivity contribution >= 4 is 40.8 Å². The Bertz CT molecular complexity index is 1040. The van der Waals surface area contributed by atoms with E-state index in [4.69, 9.17) is 10.5 Å². The minimum absolute atomic E-state index is 0.0147. The van der Waals surface area contributed by atoms with Crippen LogP contribution in [-0.4, -0.2) is 44.8 Å². The standard InChI is InChI=1S/C21H22N6O3S/c22-20-24-17(25-21(26-20)23-15-5-2-1-3-6-15)13-30-19(29)14-8-10-27(11-9-14)18(28)16-7-4-12-31-16/h1-7,12,14H,8-11,13H2,(H3,22,23,24,25,26). The summed E-state index contributed by atoms with van der Waals surface area (Å²) in [5.74, 6) is 0.0313. The van der Waals surface area contributed by atoms with Gasteiger partial charge in [0, 0.05) is 18.8 Å². The molecule has 0 aliphatic carbocycles. The van der Waals surface area contributed by atoms with E-state index < -0.39 is 0 Å². The number of aromatic nitrogens is 3. The molecule has 2 aromatic heterocycles. The summed E-state index contributed by atoms with van der Waals surface area (Å²) in [4.78, 5) is 39.8. The number of carbonyl (C=O) groups is 2. The average molecular weight is 439 g/mol. The zero-order valence-electron chi connectivity index (χ0n) is 16.7. The van der Waals surface area contributed by atoms with Crippen molar-refractivity contribution in [2.75, 3.05) is 24.1 Å². The fraction of sp³-hybridized carbons (Fsp3) is 0.286. The summed E-state index contributed by atoms with van der Waals surface area (Å²) in [6.07, 6.45) is 1.13.